The first-order valence-corrected chi connectivity index (χ1v) is 13.6. The van der Waals surface area contributed by atoms with Crippen LogP contribution in [0.3, 0.4) is 0 Å². The summed E-state index contributed by atoms with van der Waals surface area (Å²) in [5.41, 5.74) is 3.84. The van der Waals surface area contributed by atoms with Crippen molar-refractivity contribution in [3.63, 3.8) is 0 Å². The molecule has 2 N–H and O–H groups in total. The van der Waals surface area contributed by atoms with Crippen molar-refractivity contribution < 1.29 is 14.3 Å². The fourth-order valence-corrected chi connectivity index (χ4v) is 5.78. The molecule has 2 heterocycles. The molecule has 5 rings (SSSR count). The molecule has 3 aromatic carbocycles. The van der Waals surface area contributed by atoms with Crippen molar-refractivity contribution in [2.75, 3.05) is 30.0 Å². The molecule has 0 bridgehead atoms. The highest BCUT2D eigenvalue weighted by molar-refractivity contribution is 8.13. The van der Waals surface area contributed by atoms with Crippen molar-refractivity contribution in [3.8, 4) is 5.75 Å². The van der Waals surface area contributed by atoms with Gasteiger partial charge in [0.15, 0.2) is 5.17 Å². The Labute approximate surface area is 230 Å². The number of para-hydroxylation sites is 2. The number of carbonyl (C=O) groups excluding carboxylic acids is 2. The Bertz CT molecular complexity index is 1440. The molecule has 2 aliphatic heterocycles. The summed E-state index contributed by atoms with van der Waals surface area (Å²) in [7, 11) is 1.57. The van der Waals surface area contributed by atoms with Gasteiger partial charge in [-0.2, -0.15) is 0 Å². The van der Waals surface area contributed by atoms with Gasteiger partial charge in [0.05, 0.1) is 30.1 Å². The topological polar surface area (TPSA) is 83.0 Å². The van der Waals surface area contributed by atoms with Gasteiger partial charge in [0.2, 0.25) is 0 Å². The average Bonchev–Trinajstić information content (AvgIpc) is 2.93. The number of allylic oxidation sites excluding steroid dienone is 1. The van der Waals surface area contributed by atoms with Crippen LogP contribution in [0.1, 0.15) is 35.3 Å². The van der Waals surface area contributed by atoms with Gasteiger partial charge in [0.25, 0.3) is 11.8 Å². The van der Waals surface area contributed by atoms with Crippen molar-refractivity contribution in [2.24, 2.45) is 4.99 Å². The fourth-order valence-electron chi connectivity index (χ4n) is 4.63. The van der Waals surface area contributed by atoms with Gasteiger partial charge in [-0.05, 0) is 67.4 Å². The summed E-state index contributed by atoms with van der Waals surface area (Å²) in [5, 5.41) is 7.47. The first-order valence-electron chi connectivity index (χ1n) is 12.2. The second-order valence-corrected chi connectivity index (χ2v) is 10.4. The minimum atomic E-state index is -0.364. The molecule has 0 aromatic heterocycles. The summed E-state index contributed by atoms with van der Waals surface area (Å²) in [6.07, 6.45) is 0.980. The average molecular weight is 547 g/mol. The van der Waals surface area contributed by atoms with Crippen molar-refractivity contribution in [3.05, 3.63) is 100 Å². The number of methoxy groups -OCH3 is 1. The number of nitrogens with one attached hydrogen (secondary N) is 2. The highest BCUT2D eigenvalue weighted by Crippen LogP contribution is 2.40. The number of aliphatic imine (C=N–C) groups is 1. The first kappa shape index (κ1) is 25.9. The van der Waals surface area contributed by atoms with Crippen LogP contribution in [0.5, 0.6) is 5.75 Å². The molecule has 1 fully saturated rings. The molecule has 0 spiro atoms. The number of hydrogen-bond acceptors (Lipinski definition) is 6. The van der Waals surface area contributed by atoms with Gasteiger partial charge < -0.3 is 20.3 Å². The maximum absolute atomic E-state index is 13.8. The zero-order chi connectivity index (χ0) is 26.6. The molecule has 0 radical (unpaired) electrons. The fraction of sp³-hybridized carbons (Fsp3) is 0.207. The van der Waals surface area contributed by atoms with Gasteiger partial charge in [-0.1, -0.05) is 47.6 Å². The third kappa shape index (κ3) is 5.42. The van der Waals surface area contributed by atoms with Crippen molar-refractivity contribution in [2.45, 2.75) is 19.4 Å². The van der Waals surface area contributed by atoms with Gasteiger partial charge >= 0.3 is 0 Å². The molecule has 2 aliphatic rings. The van der Waals surface area contributed by atoms with E-state index in [9.17, 15) is 9.59 Å². The molecule has 0 aliphatic carbocycles. The Hall–Kier alpha value is -3.75. The Morgan fingerprint density at radius 1 is 1.03 bits per heavy atom. The Balaban J connectivity index is 1.49. The van der Waals surface area contributed by atoms with Crippen LogP contribution < -0.4 is 15.4 Å². The van der Waals surface area contributed by atoms with Gasteiger partial charge in [-0.3, -0.25) is 9.59 Å². The van der Waals surface area contributed by atoms with Crippen LogP contribution >= 0.6 is 23.4 Å². The van der Waals surface area contributed by atoms with Crippen LogP contribution in [0, 0.1) is 0 Å². The smallest absolute Gasteiger partial charge is 0.255 e. The second kappa shape index (κ2) is 11.3. The number of carbonyl (C=O) groups is 2. The lowest BCUT2D eigenvalue weighted by Crippen LogP contribution is -2.43. The quantitative estimate of drug-likeness (QED) is 0.376. The third-order valence-corrected chi connectivity index (χ3v) is 7.75. The van der Waals surface area contributed by atoms with Crippen LogP contribution in [0.15, 0.2) is 89.1 Å². The molecular formula is C29H27ClN4O3S. The standard InChI is InChI=1S/C29H27ClN4O3S/c1-18-25(28(36)33-23-9-3-4-10-24(23)37-2)26(34-15-6-16-38-29(34)31-18)20-7-5-8-22(17-20)32-27(35)19-11-13-21(30)14-12-19/h3-5,7-14,17,26H,6,15-16H2,1-2H3,(H,32,35)(H,33,36). The normalized spacial score (nSPS) is 16.9. The Morgan fingerprint density at radius 2 is 1.82 bits per heavy atom. The van der Waals surface area contributed by atoms with Crippen LogP contribution in [-0.4, -0.2) is 41.3 Å². The number of halogens is 1. The molecule has 3 aromatic rings. The molecule has 1 saturated heterocycles. The summed E-state index contributed by atoms with van der Waals surface area (Å²) in [5.74, 6) is 1.08. The number of ether oxygens (including phenoxy) is 1. The predicted octanol–water partition coefficient (Wildman–Crippen LogP) is 6.36. The number of anilines is 2. The predicted molar refractivity (Wildman–Crippen MR) is 154 cm³/mol. The van der Waals surface area contributed by atoms with Gasteiger partial charge in [0, 0.05) is 28.6 Å². The maximum Gasteiger partial charge on any atom is 0.255 e. The lowest BCUT2D eigenvalue weighted by Gasteiger charge is -2.41. The van der Waals surface area contributed by atoms with E-state index < -0.39 is 0 Å². The number of hydrogen-bond donors (Lipinski definition) is 2. The second-order valence-electron chi connectivity index (χ2n) is 8.93. The zero-order valence-electron chi connectivity index (χ0n) is 21.0. The monoisotopic (exact) mass is 546 g/mol. The summed E-state index contributed by atoms with van der Waals surface area (Å²) in [4.78, 5) is 33.6. The first-order chi connectivity index (χ1) is 18.4. The lowest BCUT2D eigenvalue weighted by molar-refractivity contribution is -0.113. The van der Waals surface area contributed by atoms with Crippen molar-refractivity contribution in [1.29, 1.82) is 0 Å². The molecule has 1 atom stereocenters. The van der Waals surface area contributed by atoms with E-state index in [1.807, 2.05) is 49.4 Å². The summed E-state index contributed by atoms with van der Waals surface area (Å²) in [6.45, 7) is 2.65. The number of nitrogens with zero attached hydrogens (tertiary/aromatic N) is 2. The Morgan fingerprint density at radius 3 is 2.61 bits per heavy atom. The summed E-state index contributed by atoms with van der Waals surface area (Å²) >= 11 is 7.66. The van der Waals surface area contributed by atoms with E-state index in [0.717, 1.165) is 29.4 Å². The molecule has 1 unspecified atom stereocenters. The minimum Gasteiger partial charge on any atom is -0.495 e. The van der Waals surface area contributed by atoms with Gasteiger partial charge in [0.1, 0.15) is 5.75 Å². The number of fused-ring (bicyclic) bond motifs is 1. The molecule has 9 heteroatoms. The van der Waals surface area contributed by atoms with E-state index in [1.54, 1.807) is 49.2 Å². The van der Waals surface area contributed by atoms with E-state index in [1.165, 1.54) is 0 Å². The highest BCUT2D eigenvalue weighted by atomic mass is 35.5. The zero-order valence-corrected chi connectivity index (χ0v) is 22.6. The van der Waals surface area contributed by atoms with E-state index in [2.05, 4.69) is 15.5 Å². The highest BCUT2D eigenvalue weighted by Gasteiger charge is 2.37. The maximum atomic E-state index is 13.8. The number of benzene rings is 3. The third-order valence-electron chi connectivity index (χ3n) is 6.42. The van der Waals surface area contributed by atoms with E-state index in [-0.39, 0.29) is 17.9 Å². The van der Waals surface area contributed by atoms with Gasteiger partial charge in [-0.25, -0.2) is 4.99 Å². The molecule has 38 heavy (non-hydrogen) atoms. The van der Waals surface area contributed by atoms with Crippen LogP contribution in [0.25, 0.3) is 0 Å². The molecule has 7 nitrogen and oxygen atoms in total. The van der Waals surface area contributed by atoms with Gasteiger partial charge in [-0.15, -0.1) is 0 Å². The number of amidine groups is 1. The largest absolute Gasteiger partial charge is 0.495 e. The molecule has 2 amide bonds. The molecule has 0 saturated carbocycles. The van der Waals surface area contributed by atoms with Crippen LogP contribution in [-0.2, 0) is 4.79 Å². The lowest BCUT2D eigenvalue weighted by atomic mass is 9.93. The molecule has 194 valence electrons. The number of amides is 2. The van der Waals surface area contributed by atoms with Crippen LogP contribution in [0.4, 0.5) is 11.4 Å². The Kier molecular flexibility index (Phi) is 7.72. The van der Waals surface area contributed by atoms with Crippen molar-refractivity contribution in [1.82, 2.24) is 4.90 Å². The minimum absolute atomic E-state index is 0.237. The number of rotatable bonds is 6. The van der Waals surface area contributed by atoms with Crippen LogP contribution in [0.2, 0.25) is 5.02 Å². The van der Waals surface area contributed by atoms with E-state index >= 15 is 0 Å². The van der Waals surface area contributed by atoms with Crippen molar-refractivity contribution >= 4 is 51.7 Å². The van der Waals surface area contributed by atoms with E-state index in [0.29, 0.717) is 39.0 Å². The summed E-state index contributed by atoms with van der Waals surface area (Å²) in [6, 6.07) is 21.3. The van der Waals surface area contributed by atoms with E-state index in [4.69, 9.17) is 21.3 Å². The SMILES string of the molecule is COc1ccccc1NC(=O)C1=C(C)N=C2SCCCN2C1c1cccc(NC(=O)c2ccc(Cl)cc2)c1. The number of thioether (sulfide) groups is 1. The summed E-state index contributed by atoms with van der Waals surface area (Å²) < 4.78 is 5.43. The molecular weight excluding hydrogens is 520 g/mol.